The van der Waals surface area contributed by atoms with Crippen molar-refractivity contribution in [3.8, 4) is 0 Å². The number of benzene rings is 1. The summed E-state index contributed by atoms with van der Waals surface area (Å²) in [5, 5.41) is 11.9. The Kier molecular flexibility index (Phi) is 6.22. The van der Waals surface area contributed by atoms with Crippen molar-refractivity contribution in [2.45, 2.75) is 70.3 Å². The van der Waals surface area contributed by atoms with Crippen LogP contribution in [0.1, 0.15) is 70.3 Å². The molecule has 0 amide bonds. The lowest BCUT2D eigenvalue weighted by Gasteiger charge is -2.54. The van der Waals surface area contributed by atoms with Crippen molar-refractivity contribution in [2.75, 3.05) is 25.6 Å². The van der Waals surface area contributed by atoms with Gasteiger partial charge in [0, 0.05) is 44.5 Å². The van der Waals surface area contributed by atoms with Gasteiger partial charge >= 0.3 is 5.97 Å². The summed E-state index contributed by atoms with van der Waals surface area (Å²) in [5.41, 5.74) is 4.12. The van der Waals surface area contributed by atoms with E-state index in [-0.39, 0.29) is 35.9 Å². The predicted molar refractivity (Wildman–Crippen MR) is 138 cm³/mol. The third-order valence-electron chi connectivity index (χ3n) is 9.57. The molecule has 0 unspecified atom stereocenters. The lowest BCUT2D eigenvalue weighted by atomic mass is 9.50. The van der Waals surface area contributed by atoms with Crippen LogP contribution in [0.3, 0.4) is 0 Å². The zero-order valence-corrected chi connectivity index (χ0v) is 21.8. The molecule has 1 aromatic carbocycles. The first-order chi connectivity index (χ1) is 17.0. The first-order valence-electron chi connectivity index (χ1n) is 13.2. The summed E-state index contributed by atoms with van der Waals surface area (Å²) in [6.45, 7) is 2.98. The molecule has 0 bridgehead atoms. The molecular weight excluding hydrogens is 454 g/mol. The van der Waals surface area contributed by atoms with Crippen molar-refractivity contribution in [1.82, 2.24) is 0 Å². The van der Waals surface area contributed by atoms with E-state index in [1.807, 2.05) is 20.2 Å². The van der Waals surface area contributed by atoms with E-state index in [1.54, 1.807) is 0 Å². The molecule has 0 radical (unpaired) electrons. The average molecular weight is 492 g/mol. The van der Waals surface area contributed by atoms with Crippen LogP contribution in [0.25, 0.3) is 0 Å². The zero-order valence-electron chi connectivity index (χ0n) is 21.8. The summed E-state index contributed by atoms with van der Waals surface area (Å²) in [4.78, 5) is 39.0. The molecule has 0 heterocycles. The molecule has 2 saturated carbocycles. The number of ether oxygens (including phenoxy) is 1. The summed E-state index contributed by atoms with van der Waals surface area (Å²) < 4.78 is 5.04. The highest BCUT2D eigenvalue weighted by molar-refractivity contribution is 5.93. The second-order valence-corrected chi connectivity index (χ2v) is 11.6. The minimum Gasteiger partial charge on any atom is -0.458 e. The van der Waals surface area contributed by atoms with Crippen LogP contribution in [0, 0.1) is 17.3 Å². The molecule has 1 N–H and O–H groups in total. The molecule has 0 aliphatic heterocycles. The minimum absolute atomic E-state index is 0.0607. The van der Waals surface area contributed by atoms with Gasteiger partial charge in [-0.2, -0.15) is 0 Å². The highest BCUT2D eigenvalue weighted by Gasteiger charge is 2.65. The van der Waals surface area contributed by atoms with E-state index in [0.717, 1.165) is 31.4 Å². The van der Waals surface area contributed by atoms with E-state index in [1.165, 1.54) is 29.2 Å². The number of esters is 1. The molecule has 4 aliphatic rings. The zero-order chi connectivity index (χ0) is 25.8. The number of fused-ring (bicyclic) bond motifs is 4. The Hall–Kier alpha value is -2.73. The molecule has 0 spiro atoms. The fourth-order valence-electron chi connectivity index (χ4n) is 7.71. The van der Waals surface area contributed by atoms with Crippen molar-refractivity contribution in [1.29, 1.82) is 0 Å². The smallest absolute Gasteiger partial charge is 0.303 e. The van der Waals surface area contributed by atoms with Crippen LogP contribution in [0.2, 0.25) is 0 Å². The molecule has 4 aliphatic carbocycles. The number of anilines is 1. The number of hydrogen-bond acceptors (Lipinski definition) is 6. The van der Waals surface area contributed by atoms with Crippen LogP contribution in [0.15, 0.2) is 47.1 Å². The number of nitrogens with zero attached hydrogens (tertiary/aromatic N) is 1. The van der Waals surface area contributed by atoms with Gasteiger partial charge in [0.1, 0.15) is 5.60 Å². The van der Waals surface area contributed by atoms with Crippen molar-refractivity contribution in [2.24, 2.45) is 17.3 Å². The molecule has 192 valence electrons. The van der Waals surface area contributed by atoms with Gasteiger partial charge in [0.2, 0.25) is 5.78 Å². The minimum atomic E-state index is -1.52. The molecule has 0 saturated heterocycles. The third kappa shape index (κ3) is 3.85. The van der Waals surface area contributed by atoms with Gasteiger partial charge in [-0.05, 0) is 85.3 Å². The van der Waals surface area contributed by atoms with Gasteiger partial charge in [0.15, 0.2) is 12.4 Å². The van der Waals surface area contributed by atoms with E-state index in [0.29, 0.717) is 19.3 Å². The molecular formula is C30H37NO5. The summed E-state index contributed by atoms with van der Waals surface area (Å²) in [6.07, 6.45) is 6.79. The maximum Gasteiger partial charge on any atom is 0.303 e. The van der Waals surface area contributed by atoms with Gasteiger partial charge in [0.25, 0.3) is 0 Å². The SMILES string of the molecule is CC(=O)OCC(=O)[C@@]1(O)CC[C@H]2[C@@H]3CCC4=CC(=O)CCC4=C3[C@@H](c3ccc(N(C)C)cc3)C[C@@]21C. The summed E-state index contributed by atoms with van der Waals surface area (Å²) in [6, 6.07) is 8.60. The number of allylic oxidation sites excluding steroid dienone is 4. The Labute approximate surface area is 213 Å². The van der Waals surface area contributed by atoms with Gasteiger partial charge in [-0.1, -0.05) is 24.6 Å². The van der Waals surface area contributed by atoms with Crippen LogP contribution in [0.5, 0.6) is 0 Å². The maximum absolute atomic E-state index is 13.3. The van der Waals surface area contributed by atoms with E-state index in [9.17, 15) is 19.5 Å². The molecule has 5 rings (SSSR count). The lowest BCUT2D eigenvalue weighted by molar-refractivity contribution is -0.164. The molecule has 2 fully saturated rings. The van der Waals surface area contributed by atoms with Gasteiger partial charge in [-0.25, -0.2) is 0 Å². The van der Waals surface area contributed by atoms with Gasteiger partial charge in [-0.15, -0.1) is 0 Å². The number of ketones is 2. The Morgan fingerprint density at radius 2 is 1.83 bits per heavy atom. The summed E-state index contributed by atoms with van der Waals surface area (Å²) >= 11 is 0. The number of carbonyl (C=O) groups excluding carboxylic acids is 3. The maximum atomic E-state index is 13.3. The van der Waals surface area contributed by atoms with Crippen LogP contribution >= 0.6 is 0 Å². The van der Waals surface area contributed by atoms with Crippen molar-refractivity contribution < 1.29 is 24.2 Å². The fraction of sp³-hybridized carbons (Fsp3) is 0.567. The number of hydrogen-bond donors (Lipinski definition) is 1. The highest BCUT2D eigenvalue weighted by atomic mass is 16.5. The largest absolute Gasteiger partial charge is 0.458 e. The average Bonchev–Trinajstić information content (AvgIpc) is 3.13. The predicted octanol–water partition coefficient (Wildman–Crippen LogP) is 4.52. The summed E-state index contributed by atoms with van der Waals surface area (Å²) in [7, 11) is 4.04. The Bertz CT molecular complexity index is 1160. The molecule has 6 heteroatoms. The normalized spacial score (nSPS) is 33.3. The highest BCUT2D eigenvalue weighted by Crippen LogP contribution is 2.66. The standard InChI is InChI=1S/C30H37NO5/c1-18(32)36-17-27(34)30(35)14-13-26-24-11-7-20-15-22(33)10-12-23(20)28(24)25(16-29(26,30)2)19-5-8-21(9-6-19)31(3)4/h5-6,8-9,15,24-26,35H,7,10-14,16-17H2,1-4H3/t24-,25+,26-,29-,30-/m0/s1. The van der Waals surface area contributed by atoms with E-state index in [2.05, 4.69) is 36.1 Å². The van der Waals surface area contributed by atoms with Crippen molar-refractivity contribution in [3.05, 3.63) is 52.6 Å². The van der Waals surface area contributed by atoms with Crippen molar-refractivity contribution >= 4 is 23.2 Å². The second-order valence-electron chi connectivity index (χ2n) is 11.6. The van der Waals surface area contributed by atoms with Crippen LogP contribution in [-0.2, 0) is 19.1 Å². The number of Topliss-reactive ketones (excluding diaryl/α,β-unsaturated/α-hetero) is 1. The van der Waals surface area contributed by atoms with E-state index >= 15 is 0 Å². The van der Waals surface area contributed by atoms with E-state index in [4.69, 9.17) is 4.74 Å². The molecule has 0 aromatic heterocycles. The van der Waals surface area contributed by atoms with Crippen LogP contribution in [0.4, 0.5) is 5.69 Å². The van der Waals surface area contributed by atoms with Crippen LogP contribution < -0.4 is 4.90 Å². The van der Waals surface area contributed by atoms with Gasteiger partial charge in [0.05, 0.1) is 0 Å². The summed E-state index contributed by atoms with van der Waals surface area (Å²) in [5.74, 6) is -0.196. The monoisotopic (exact) mass is 491 g/mol. The molecule has 5 atom stereocenters. The second kappa shape index (κ2) is 8.98. The molecule has 6 nitrogen and oxygen atoms in total. The van der Waals surface area contributed by atoms with E-state index < -0.39 is 17.0 Å². The van der Waals surface area contributed by atoms with Gasteiger partial charge < -0.3 is 14.7 Å². The molecule has 1 aromatic rings. The lowest BCUT2D eigenvalue weighted by Crippen LogP contribution is -2.56. The Balaban J connectivity index is 1.61. The number of rotatable bonds is 5. The fourth-order valence-corrected chi connectivity index (χ4v) is 7.71. The topological polar surface area (TPSA) is 83.9 Å². The number of aliphatic hydroxyl groups is 1. The first kappa shape index (κ1) is 24.9. The van der Waals surface area contributed by atoms with Crippen LogP contribution in [-0.4, -0.2) is 48.9 Å². The number of carbonyl (C=O) groups is 3. The first-order valence-corrected chi connectivity index (χ1v) is 13.2. The third-order valence-corrected chi connectivity index (χ3v) is 9.57. The van der Waals surface area contributed by atoms with Gasteiger partial charge in [-0.3, -0.25) is 14.4 Å². The molecule has 36 heavy (non-hydrogen) atoms. The Morgan fingerprint density at radius 1 is 1.11 bits per heavy atom. The quantitative estimate of drug-likeness (QED) is 0.610. The Morgan fingerprint density at radius 3 is 2.50 bits per heavy atom. The van der Waals surface area contributed by atoms with Crippen molar-refractivity contribution in [3.63, 3.8) is 0 Å².